The standard InChI is InChI=1S/C13H14FN3O5S/c1-3-21-11(19)13(14)9(18)15-12(20)16-10(13)22-17-7(2)8-5-4-6-23-8/h4-6,10H,3H2,1-2H3,(H2,15,16,18,20). The number of nitrogens with zero attached hydrogens (tertiary/aromatic N) is 1. The van der Waals surface area contributed by atoms with Gasteiger partial charge in [-0.1, -0.05) is 11.2 Å². The summed E-state index contributed by atoms with van der Waals surface area (Å²) in [5, 5.41) is 9.16. The lowest BCUT2D eigenvalue weighted by molar-refractivity contribution is -0.179. The summed E-state index contributed by atoms with van der Waals surface area (Å²) in [7, 11) is 0. The number of amides is 3. The van der Waals surface area contributed by atoms with Gasteiger partial charge in [0.2, 0.25) is 0 Å². The highest BCUT2D eigenvalue weighted by Crippen LogP contribution is 2.24. The Morgan fingerprint density at radius 3 is 2.87 bits per heavy atom. The first-order valence-corrected chi connectivity index (χ1v) is 7.50. The number of nitrogens with one attached hydrogen (secondary N) is 2. The summed E-state index contributed by atoms with van der Waals surface area (Å²) in [4.78, 5) is 40.5. The van der Waals surface area contributed by atoms with E-state index in [1.165, 1.54) is 18.3 Å². The normalized spacial score (nSPS) is 24.7. The minimum absolute atomic E-state index is 0.143. The monoisotopic (exact) mass is 343 g/mol. The van der Waals surface area contributed by atoms with Crippen molar-refractivity contribution in [1.82, 2.24) is 10.6 Å². The number of hydrogen-bond donors (Lipinski definition) is 2. The predicted octanol–water partition coefficient (Wildman–Crippen LogP) is 0.926. The molecular formula is C13H14FN3O5S. The number of urea groups is 1. The molecule has 1 saturated heterocycles. The maximum atomic E-state index is 14.9. The lowest BCUT2D eigenvalue weighted by Crippen LogP contribution is -2.70. The number of hydrogen-bond acceptors (Lipinski definition) is 7. The Hall–Kier alpha value is -2.49. The van der Waals surface area contributed by atoms with Gasteiger partial charge in [-0.2, -0.15) is 0 Å². The van der Waals surface area contributed by atoms with Crippen LogP contribution in [0.5, 0.6) is 0 Å². The number of thiophene rings is 1. The Kier molecular flexibility index (Phi) is 4.94. The van der Waals surface area contributed by atoms with Gasteiger partial charge in [0.05, 0.1) is 17.2 Å². The second kappa shape index (κ2) is 6.73. The summed E-state index contributed by atoms with van der Waals surface area (Å²) in [5.74, 6) is -2.93. The molecule has 3 amide bonds. The van der Waals surface area contributed by atoms with E-state index in [1.54, 1.807) is 24.4 Å². The Bertz CT molecular complexity index is 648. The van der Waals surface area contributed by atoms with Gasteiger partial charge in [-0.3, -0.25) is 15.4 Å². The maximum absolute atomic E-state index is 14.9. The molecule has 0 aliphatic carbocycles. The molecule has 2 heterocycles. The average molecular weight is 343 g/mol. The zero-order chi connectivity index (χ0) is 17.0. The number of ether oxygens (including phenoxy) is 1. The van der Waals surface area contributed by atoms with E-state index in [2.05, 4.69) is 9.89 Å². The van der Waals surface area contributed by atoms with E-state index in [0.717, 1.165) is 4.88 Å². The molecule has 1 aliphatic rings. The van der Waals surface area contributed by atoms with Gasteiger partial charge in [-0.25, -0.2) is 14.0 Å². The quantitative estimate of drug-likeness (QED) is 0.358. The lowest BCUT2D eigenvalue weighted by atomic mass is 10.0. The van der Waals surface area contributed by atoms with Crippen molar-refractivity contribution in [2.45, 2.75) is 25.7 Å². The fourth-order valence-corrected chi connectivity index (χ4v) is 2.43. The number of imide groups is 1. The molecule has 124 valence electrons. The first kappa shape index (κ1) is 16.9. The number of rotatable bonds is 5. The van der Waals surface area contributed by atoms with Gasteiger partial charge in [0.25, 0.3) is 12.1 Å². The number of carbonyl (C=O) groups is 3. The first-order chi connectivity index (χ1) is 10.9. The van der Waals surface area contributed by atoms with Gasteiger partial charge >= 0.3 is 17.7 Å². The van der Waals surface area contributed by atoms with E-state index in [4.69, 9.17) is 4.84 Å². The van der Waals surface area contributed by atoms with Crippen molar-refractivity contribution in [2.75, 3.05) is 6.61 Å². The van der Waals surface area contributed by atoms with Gasteiger partial charge < -0.3 is 9.57 Å². The fraction of sp³-hybridized carbons (Fsp3) is 0.385. The van der Waals surface area contributed by atoms with Crippen LogP contribution < -0.4 is 10.6 Å². The highest BCUT2D eigenvalue weighted by atomic mass is 32.1. The Morgan fingerprint density at radius 1 is 1.52 bits per heavy atom. The molecule has 0 bridgehead atoms. The summed E-state index contributed by atoms with van der Waals surface area (Å²) >= 11 is 1.37. The number of oxime groups is 1. The molecular weight excluding hydrogens is 329 g/mol. The predicted molar refractivity (Wildman–Crippen MR) is 78.5 cm³/mol. The van der Waals surface area contributed by atoms with Gasteiger partial charge in [0.1, 0.15) is 0 Å². The van der Waals surface area contributed by atoms with E-state index >= 15 is 0 Å². The zero-order valence-electron chi connectivity index (χ0n) is 12.3. The van der Waals surface area contributed by atoms with E-state index in [9.17, 15) is 18.8 Å². The smallest absolute Gasteiger partial charge is 0.360 e. The van der Waals surface area contributed by atoms with Crippen molar-refractivity contribution in [3.05, 3.63) is 22.4 Å². The summed E-state index contributed by atoms with van der Waals surface area (Å²) in [6.45, 7) is 2.91. The van der Waals surface area contributed by atoms with Gasteiger partial charge in [-0.05, 0) is 25.3 Å². The third kappa shape index (κ3) is 3.31. The van der Waals surface area contributed by atoms with Crippen LogP contribution in [0.15, 0.2) is 22.7 Å². The molecule has 2 rings (SSSR count). The van der Waals surface area contributed by atoms with Crippen molar-refractivity contribution in [1.29, 1.82) is 0 Å². The molecule has 2 unspecified atom stereocenters. The van der Waals surface area contributed by atoms with Crippen LogP contribution in [0.1, 0.15) is 18.7 Å². The van der Waals surface area contributed by atoms with E-state index in [0.29, 0.717) is 5.71 Å². The largest absolute Gasteiger partial charge is 0.463 e. The number of halogens is 1. The second-order valence-corrected chi connectivity index (χ2v) is 5.45. The molecule has 0 saturated carbocycles. The van der Waals surface area contributed by atoms with E-state index < -0.39 is 29.8 Å². The number of alkyl halides is 1. The third-order valence-electron chi connectivity index (χ3n) is 2.93. The maximum Gasteiger partial charge on any atom is 0.360 e. The summed E-state index contributed by atoms with van der Waals surface area (Å²) in [6, 6.07) is 2.54. The van der Waals surface area contributed by atoms with Crippen LogP contribution in [-0.4, -0.2) is 42.1 Å². The first-order valence-electron chi connectivity index (χ1n) is 6.62. The van der Waals surface area contributed by atoms with Crippen LogP contribution in [-0.2, 0) is 19.2 Å². The zero-order valence-corrected chi connectivity index (χ0v) is 13.1. The molecule has 1 aromatic rings. The highest BCUT2D eigenvalue weighted by Gasteiger charge is 2.61. The van der Waals surface area contributed by atoms with Gasteiger partial charge in [-0.15, -0.1) is 11.3 Å². The summed E-state index contributed by atoms with van der Waals surface area (Å²) < 4.78 is 19.4. The van der Waals surface area contributed by atoms with Crippen LogP contribution in [0.3, 0.4) is 0 Å². The average Bonchev–Trinajstić information content (AvgIpc) is 3.03. The molecule has 23 heavy (non-hydrogen) atoms. The Balaban J connectivity index is 2.24. The van der Waals surface area contributed by atoms with Crippen LogP contribution in [0, 0.1) is 0 Å². The SMILES string of the molecule is CCOC(=O)C1(F)C(=O)NC(=O)NC1ON=C(C)c1cccs1. The van der Waals surface area contributed by atoms with Crippen LogP contribution in [0.4, 0.5) is 9.18 Å². The number of esters is 1. The molecule has 8 nitrogen and oxygen atoms in total. The number of carbonyl (C=O) groups excluding carboxylic acids is 3. The molecule has 1 aliphatic heterocycles. The minimum atomic E-state index is -3.23. The van der Waals surface area contributed by atoms with E-state index in [-0.39, 0.29) is 6.61 Å². The minimum Gasteiger partial charge on any atom is -0.463 e. The fourth-order valence-electron chi connectivity index (χ4n) is 1.76. The Morgan fingerprint density at radius 2 is 2.26 bits per heavy atom. The molecule has 2 atom stereocenters. The van der Waals surface area contributed by atoms with Gasteiger partial charge in [0, 0.05) is 0 Å². The molecule has 0 spiro atoms. The van der Waals surface area contributed by atoms with Crippen molar-refractivity contribution in [2.24, 2.45) is 5.16 Å². The molecule has 1 aromatic heterocycles. The molecule has 0 aromatic carbocycles. The van der Waals surface area contributed by atoms with Crippen molar-refractivity contribution >= 4 is 35.0 Å². The molecule has 0 radical (unpaired) electrons. The third-order valence-corrected chi connectivity index (χ3v) is 3.90. The Labute approximate surface area is 134 Å². The summed E-state index contributed by atoms with van der Waals surface area (Å²) in [5.41, 5.74) is -2.84. The highest BCUT2D eigenvalue weighted by molar-refractivity contribution is 7.12. The van der Waals surface area contributed by atoms with Crippen molar-refractivity contribution in [3.8, 4) is 0 Å². The van der Waals surface area contributed by atoms with Crippen LogP contribution in [0.25, 0.3) is 0 Å². The molecule has 2 N–H and O–H groups in total. The molecule has 10 heteroatoms. The van der Waals surface area contributed by atoms with Crippen molar-refractivity contribution < 1.29 is 28.3 Å². The van der Waals surface area contributed by atoms with Crippen LogP contribution in [0.2, 0.25) is 0 Å². The van der Waals surface area contributed by atoms with Crippen molar-refractivity contribution in [3.63, 3.8) is 0 Å². The second-order valence-electron chi connectivity index (χ2n) is 4.50. The molecule has 1 fully saturated rings. The van der Waals surface area contributed by atoms with E-state index in [1.807, 2.05) is 10.7 Å². The topological polar surface area (TPSA) is 106 Å². The van der Waals surface area contributed by atoms with Gasteiger partial charge in [0.15, 0.2) is 0 Å². The lowest BCUT2D eigenvalue weighted by Gasteiger charge is -2.32. The summed E-state index contributed by atoms with van der Waals surface area (Å²) in [6.07, 6.45) is -1.93. The van der Waals surface area contributed by atoms with Crippen LogP contribution >= 0.6 is 11.3 Å².